The van der Waals surface area contributed by atoms with E-state index in [1.807, 2.05) is 0 Å². The lowest BCUT2D eigenvalue weighted by Gasteiger charge is -2.20. The maximum atomic E-state index is 5.74. The SMILES string of the molecule is COCCN(CCOC)c1nc(COC)c(CN)s1. The summed E-state index contributed by atoms with van der Waals surface area (Å²) in [6, 6.07) is 0. The molecule has 2 N–H and O–H groups in total. The lowest BCUT2D eigenvalue weighted by molar-refractivity contribution is 0.181. The van der Waals surface area contributed by atoms with Crippen molar-refractivity contribution in [1.82, 2.24) is 4.98 Å². The van der Waals surface area contributed by atoms with Crippen LogP contribution in [-0.4, -0.2) is 52.6 Å². The van der Waals surface area contributed by atoms with Gasteiger partial charge in [-0.3, -0.25) is 0 Å². The van der Waals surface area contributed by atoms with Crippen LogP contribution in [-0.2, 0) is 27.4 Å². The summed E-state index contributed by atoms with van der Waals surface area (Å²) in [4.78, 5) is 7.82. The molecule has 0 saturated carbocycles. The van der Waals surface area contributed by atoms with Gasteiger partial charge in [0.2, 0.25) is 0 Å². The first-order chi connectivity index (χ1) is 9.26. The van der Waals surface area contributed by atoms with Crippen LogP contribution in [0.2, 0.25) is 0 Å². The van der Waals surface area contributed by atoms with Gasteiger partial charge in [-0.15, -0.1) is 11.3 Å². The number of nitrogens with zero attached hydrogens (tertiary/aromatic N) is 2. The number of rotatable bonds is 10. The molecule has 6 nitrogen and oxygen atoms in total. The van der Waals surface area contributed by atoms with Gasteiger partial charge in [0.05, 0.1) is 25.5 Å². The molecule has 0 spiro atoms. The van der Waals surface area contributed by atoms with Gasteiger partial charge in [-0.2, -0.15) is 0 Å². The topological polar surface area (TPSA) is 69.8 Å². The quantitative estimate of drug-likeness (QED) is 0.688. The molecule has 0 aliphatic rings. The van der Waals surface area contributed by atoms with E-state index in [0.29, 0.717) is 26.4 Å². The molecule has 1 aromatic rings. The zero-order valence-electron chi connectivity index (χ0n) is 11.8. The van der Waals surface area contributed by atoms with E-state index in [1.54, 1.807) is 32.7 Å². The van der Waals surface area contributed by atoms with E-state index in [-0.39, 0.29) is 0 Å². The summed E-state index contributed by atoms with van der Waals surface area (Å²) in [5.41, 5.74) is 6.66. The summed E-state index contributed by atoms with van der Waals surface area (Å²) in [5, 5.41) is 0.946. The summed E-state index contributed by atoms with van der Waals surface area (Å²) in [6.07, 6.45) is 0. The third kappa shape index (κ3) is 5.04. The van der Waals surface area contributed by atoms with Crippen LogP contribution >= 0.6 is 11.3 Å². The largest absolute Gasteiger partial charge is 0.383 e. The number of thiazole rings is 1. The van der Waals surface area contributed by atoms with Crippen molar-refractivity contribution >= 4 is 16.5 Å². The number of aromatic nitrogens is 1. The maximum absolute atomic E-state index is 5.74. The van der Waals surface area contributed by atoms with Crippen molar-refractivity contribution in [3.05, 3.63) is 10.6 Å². The Morgan fingerprint density at radius 3 is 2.21 bits per heavy atom. The van der Waals surface area contributed by atoms with Gasteiger partial charge in [0.25, 0.3) is 0 Å². The molecule has 0 radical (unpaired) electrons. The molecule has 1 rings (SSSR count). The molecule has 0 aliphatic heterocycles. The molecular weight excluding hydrogens is 266 g/mol. The molecule has 0 fully saturated rings. The third-order valence-electron chi connectivity index (χ3n) is 2.63. The second kappa shape index (κ2) is 9.22. The second-order valence-corrected chi connectivity index (χ2v) is 5.04. The fourth-order valence-corrected chi connectivity index (χ4v) is 2.61. The van der Waals surface area contributed by atoms with Gasteiger partial charge >= 0.3 is 0 Å². The van der Waals surface area contributed by atoms with Crippen LogP contribution in [0, 0.1) is 0 Å². The number of nitrogens with two attached hydrogens (primary N) is 1. The van der Waals surface area contributed by atoms with Crippen LogP contribution in [0.15, 0.2) is 0 Å². The second-order valence-electron chi connectivity index (χ2n) is 3.98. The first kappa shape index (κ1) is 16.3. The lowest BCUT2D eigenvalue weighted by Crippen LogP contribution is -2.30. The zero-order valence-corrected chi connectivity index (χ0v) is 12.7. The molecular formula is C12H23N3O3S. The van der Waals surface area contributed by atoms with Crippen molar-refractivity contribution in [2.75, 3.05) is 52.5 Å². The number of methoxy groups -OCH3 is 3. The van der Waals surface area contributed by atoms with E-state index in [1.165, 1.54) is 0 Å². The van der Waals surface area contributed by atoms with Crippen LogP contribution in [0.25, 0.3) is 0 Å². The minimum atomic E-state index is 0.485. The van der Waals surface area contributed by atoms with E-state index >= 15 is 0 Å². The highest BCUT2D eigenvalue weighted by Gasteiger charge is 2.15. The molecule has 0 aromatic carbocycles. The highest BCUT2D eigenvalue weighted by molar-refractivity contribution is 7.15. The van der Waals surface area contributed by atoms with Gasteiger partial charge in [0.1, 0.15) is 0 Å². The minimum Gasteiger partial charge on any atom is -0.383 e. The molecule has 1 aromatic heterocycles. The van der Waals surface area contributed by atoms with Gasteiger partial charge in [-0.25, -0.2) is 4.98 Å². The van der Waals surface area contributed by atoms with E-state index in [4.69, 9.17) is 19.9 Å². The van der Waals surface area contributed by atoms with Gasteiger partial charge in [0.15, 0.2) is 5.13 Å². The Kier molecular flexibility index (Phi) is 7.92. The molecule has 0 unspecified atom stereocenters. The van der Waals surface area contributed by atoms with Crippen LogP contribution in [0.5, 0.6) is 0 Å². The number of hydrogen-bond acceptors (Lipinski definition) is 7. The molecule has 0 atom stereocenters. The standard InChI is InChI=1S/C12H23N3O3S/c1-16-6-4-15(5-7-17-2)12-14-10(9-18-3)11(8-13)19-12/h4-9,13H2,1-3H3. The van der Waals surface area contributed by atoms with Crippen LogP contribution in [0.1, 0.15) is 10.6 Å². The fourth-order valence-electron chi connectivity index (χ4n) is 1.62. The number of anilines is 1. The Hall–Kier alpha value is -0.730. The van der Waals surface area contributed by atoms with Crippen molar-refractivity contribution in [3.63, 3.8) is 0 Å². The van der Waals surface area contributed by atoms with E-state index in [2.05, 4.69) is 9.88 Å². The maximum Gasteiger partial charge on any atom is 0.186 e. The molecule has 0 bridgehead atoms. The smallest absolute Gasteiger partial charge is 0.186 e. The molecule has 1 heterocycles. The fraction of sp³-hybridized carbons (Fsp3) is 0.750. The number of ether oxygens (including phenoxy) is 3. The Morgan fingerprint density at radius 2 is 1.74 bits per heavy atom. The number of hydrogen-bond donors (Lipinski definition) is 1. The summed E-state index contributed by atoms with van der Waals surface area (Å²) in [7, 11) is 5.04. The summed E-state index contributed by atoms with van der Waals surface area (Å²) in [6.45, 7) is 3.85. The van der Waals surface area contributed by atoms with Crippen LogP contribution < -0.4 is 10.6 Å². The normalized spacial score (nSPS) is 10.9. The summed E-state index contributed by atoms with van der Waals surface area (Å²) < 4.78 is 15.4. The van der Waals surface area contributed by atoms with Gasteiger partial charge in [0, 0.05) is 45.8 Å². The summed E-state index contributed by atoms with van der Waals surface area (Å²) >= 11 is 1.61. The van der Waals surface area contributed by atoms with Crippen LogP contribution in [0.4, 0.5) is 5.13 Å². The molecule has 7 heteroatoms. The van der Waals surface area contributed by atoms with Crippen LogP contribution in [0.3, 0.4) is 0 Å². The highest BCUT2D eigenvalue weighted by Crippen LogP contribution is 2.26. The molecule has 0 aliphatic carbocycles. The van der Waals surface area contributed by atoms with E-state index < -0.39 is 0 Å². The van der Waals surface area contributed by atoms with Crippen molar-refractivity contribution in [2.24, 2.45) is 5.73 Å². The van der Waals surface area contributed by atoms with Gasteiger partial charge < -0.3 is 24.8 Å². The Bertz CT molecular complexity index is 352. The summed E-state index contributed by atoms with van der Waals surface area (Å²) in [5.74, 6) is 0. The highest BCUT2D eigenvalue weighted by atomic mass is 32.1. The monoisotopic (exact) mass is 289 g/mol. The molecule has 19 heavy (non-hydrogen) atoms. The predicted octanol–water partition coefficient (Wildman–Crippen LogP) is 0.847. The lowest BCUT2D eigenvalue weighted by atomic mass is 10.4. The Labute approximate surface area is 118 Å². The average molecular weight is 289 g/mol. The van der Waals surface area contributed by atoms with Crippen molar-refractivity contribution in [3.8, 4) is 0 Å². The van der Waals surface area contributed by atoms with E-state index in [9.17, 15) is 0 Å². The third-order valence-corrected chi connectivity index (χ3v) is 3.82. The Morgan fingerprint density at radius 1 is 1.11 bits per heavy atom. The molecule has 0 amide bonds. The van der Waals surface area contributed by atoms with Crippen molar-refractivity contribution in [2.45, 2.75) is 13.2 Å². The van der Waals surface area contributed by atoms with E-state index in [0.717, 1.165) is 28.8 Å². The average Bonchev–Trinajstić information content (AvgIpc) is 2.82. The first-order valence-electron chi connectivity index (χ1n) is 6.17. The van der Waals surface area contributed by atoms with Gasteiger partial charge in [-0.05, 0) is 0 Å². The zero-order chi connectivity index (χ0) is 14.1. The predicted molar refractivity (Wildman–Crippen MR) is 76.7 cm³/mol. The van der Waals surface area contributed by atoms with Crippen molar-refractivity contribution < 1.29 is 14.2 Å². The molecule has 0 saturated heterocycles. The van der Waals surface area contributed by atoms with Gasteiger partial charge in [-0.1, -0.05) is 0 Å². The van der Waals surface area contributed by atoms with Crippen molar-refractivity contribution in [1.29, 1.82) is 0 Å². The first-order valence-corrected chi connectivity index (χ1v) is 6.98. The molecule has 110 valence electrons. The minimum absolute atomic E-state index is 0.485. The Balaban J connectivity index is 2.80.